The lowest BCUT2D eigenvalue weighted by Crippen LogP contribution is -2.07. The Bertz CT molecular complexity index is 631. The normalized spacial score (nSPS) is 10.0. The van der Waals surface area contributed by atoms with Crippen LogP contribution in [0.5, 0.6) is 11.5 Å². The molecule has 7 heteroatoms. The van der Waals surface area contributed by atoms with Gasteiger partial charge < -0.3 is 23.9 Å². The number of benzene rings is 1. The van der Waals surface area contributed by atoms with E-state index in [4.69, 9.17) is 23.9 Å². The molecule has 116 valence electrons. The molecule has 7 nitrogen and oxygen atoms in total. The molecular weight excluding hydrogens is 286 g/mol. The van der Waals surface area contributed by atoms with Crippen LogP contribution in [0.3, 0.4) is 0 Å². The van der Waals surface area contributed by atoms with E-state index in [9.17, 15) is 0 Å². The average molecular weight is 303 g/mol. The second-order valence-corrected chi connectivity index (χ2v) is 4.28. The molecule has 1 aromatic carbocycles. The molecule has 1 heterocycles. The largest absolute Gasteiger partial charge is 0.497 e. The maximum absolute atomic E-state index is 9.03. The summed E-state index contributed by atoms with van der Waals surface area (Å²) in [5, 5.41) is 12.0. The third-order valence-corrected chi connectivity index (χ3v) is 2.79. The molecule has 0 unspecified atom stereocenters. The van der Waals surface area contributed by atoms with Gasteiger partial charge in [-0.25, -0.2) is 0 Å². The van der Waals surface area contributed by atoms with Crippen molar-refractivity contribution in [1.29, 1.82) is 5.26 Å². The van der Waals surface area contributed by atoms with E-state index < -0.39 is 0 Å². The van der Waals surface area contributed by atoms with E-state index in [1.54, 1.807) is 38.5 Å². The van der Waals surface area contributed by atoms with Gasteiger partial charge in [0.15, 0.2) is 6.61 Å². The van der Waals surface area contributed by atoms with Gasteiger partial charge in [-0.3, -0.25) is 0 Å². The fourth-order valence-corrected chi connectivity index (χ4v) is 1.71. The molecule has 1 N–H and O–H groups in total. The number of anilines is 1. The van der Waals surface area contributed by atoms with Gasteiger partial charge in [0.2, 0.25) is 17.5 Å². The van der Waals surface area contributed by atoms with Crippen LogP contribution in [0, 0.1) is 11.3 Å². The van der Waals surface area contributed by atoms with Gasteiger partial charge in [0.05, 0.1) is 13.7 Å². The zero-order valence-electron chi connectivity index (χ0n) is 12.5. The fourth-order valence-electron chi connectivity index (χ4n) is 1.71. The SMILES string of the molecule is COCCNc1oc(COc2ccc(OC)cc2)nc1C#N. The number of rotatable bonds is 8. The summed E-state index contributed by atoms with van der Waals surface area (Å²) in [6, 6.07) is 9.13. The standard InChI is InChI=1S/C15H17N3O4/c1-19-8-7-17-15-13(9-16)18-14(22-15)10-21-12-5-3-11(20-2)4-6-12/h3-6,17H,7-8,10H2,1-2H3. The molecule has 0 aliphatic heterocycles. The Labute approximate surface area is 128 Å². The van der Waals surface area contributed by atoms with Crippen molar-refractivity contribution in [2.24, 2.45) is 0 Å². The topological polar surface area (TPSA) is 89.5 Å². The molecule has 0 bridgehead atoms. The van der Waals surface area contributed by atoms with Crippen molar-refractivity contribution in [3.05, 3.63) is 35.9 Å². The molecule has 0 aliphatic carbocycles. The highest BCUT2D eigenvalue weighted by Crippen LogP contribution is 2.20. The van der Waals surface area contributed by atoms with Crippen LogP contribution in [-0.4, -0.2) is 32.4 Å². The van der Waals surface area contributed by atoms with Crippen LogP contribution in [0.2, 0.25) is 0 Å². The molecule has 0 aliphatic rings. The maximum atomic E-state index is 9.03. The van der Waals surface area contributed by atoms with Crippen LogP contribution in [0.1, 0.15) is 11.6 Å². The Morgan fingerprint density at radius 1 is 1.23 bits per heavy atom. The molecule has 2 aromatic rings. The highest BCUT2D eigenvalue weighted by Gasteiger charge is 2.13. The molecule has 0 atom stereocenters. The molecule has 0 radical (unpaired) electrons. The van der Waals surface area contributed by atoms with Crippen LogP contribution in [-0.2, 0) is 11.3 Å². The molecule has 0 fully saturated rings. The van der Waals surface area contributed by atoms with Gasteiger partial charge in [-0.2, -0.15) is 10.2 Å². The molecule has 0 saturated heterocycles. The monoisotopic (exact) mass is 303 g/mol. The lowest BCUT2D eigenvalue weighted by molar-refractivity contribution is 0.210. The quantitative estimate of drug-likeness (QED) is 0.747. The average Bonchev–Trinajstić information content (AvgIpc) is 2.96. The van der Waals surface area contributed by atoms with Crippen molar-refractivity contribution in [3.8, 4) is 17.6 Å². The number of nitrogens with one attached hydrogen (secondary N) is 1. The highest BCUT2D eigenvalue weighted by atomic mass is 16.5. The van der Waals surface area contributed by atoms with Crippen LogP contribution in [0.15, 0.2) is 28.7 Å². The summed E-state index contributed by atoms with van der Waals surface area (Å²) in [6.45, 7) is 1.16. The molecule has 0 amide bonds. The zero-order chi connectivity index (χ0) is 15.8. The first-order valence-electron chi connectivity index (χ1n) is 6.66. The van der Waals surface area contributed by atoms with E-state index in [2.05, 4.69) is 10.3 Å². The third kappa shape index (κ3) is 4.14. The van der Waals surface area contributed by atoms with E-state index in [0.717, 1.165) is 5.75 Å². The van der Waals surface area contributed by atoms with Crippen LogP contribution in [0.4, 0.5) is 5.88 Å². The third-order valence-electron chi connectivity index (χ3n) is 2.79. The van der Waals surface area contributed by atoms with Crippen LogP contribution < -0.4 is 14.8 Å². The number of aromatic nitrogens is 1. The van der Waals surface area contributed by atoms with Gasteiger partial charge in [0.25, 0.3) is 0 Å². The molecule has 22 heavy (non-hydrogen) atoms. The first-order valence-corrected chi connectivity index (χ1v) is 6.66. The number of hydrogen-bond donors (Lipinski definition) is 1. The van der Waals surface area contributed by atoms with Gasteiger partial charge in [0.1, 0.15) is 17.6 Å². The second-order valence-electron chi connectivity index (χ2n) is 4.28. The van der Waals surface area contributed by atoms with Crippen molar-refractivity contribution in [1.82, 2.24) is 4.98 Å². The van der Waals surface area contributed by atoms with Gasteiger partial charge in [-0.1, -0.05) is 0 Å². The smallest absolute Gasteiger partial charge is 0.236 e. The van der Waals surface area contributed by atoms with E-state index in [1.165, 1.54) is 0 Å². The van der Waals surface area contributed by atoms with Gasteiger partial charge in [0, 0.05) is 13.7 Å². The first kappa shape index (κ1) is 15.7. The molecule has 1 aromatic heterocycles. The van der Waals surface area contributed by atoms with Crippen LogP contribution >= 0.6 is 0 Å². The molecule has 0 saturated carbocycles. The summed E-state index contributed by atoms with van der Waals surface area (Å²) in [7, 11) is 3.20. The Kier molecular flexibility index (Phi) is 5.63. The van der Waals surface area contributed by atoms with Crippen molar-refractivity contribution in [3.63, 3.8) is 0 Å². The lowest BCUT2D eigenvalue weighted by Gasteiger charge is -2.04. The first-order chi connectivity index (χ1) is 10.8. The second kappa shape index (κ2) is 7.90. The minimum Gasteiger partial charge on any atom is -0.497 e. The summed E-state index contributed by atoms with van der Waals surface area (Å²) in [4.78, 5) is 4.08. The number of hydrogen-bond acceptors (Lipinski definition) is 7. The van der Waals surface area contributed by atoms with E-state index in [1.807, 2.05) is 6.07 Å². The van der Waals surface area contributed by atoms with Crippen molar-refractivity contribution >= 4 is 5.88 Å². The van der Waals surface area contributed by atoms with E-state index in [0.29, 0.717) is 30.7 Å². The van der Waals surface area contributed by atoms with E-state index in [-0.39, 0.29) is 12.3 Å². The van der Waals surface area contributed by atoms with Crippen LogP contribution in [0.25, 0.3) is 0 Å². The Hall–Kier alpha value is -2.72. The lowest BCUT2D eigenvalue weighted by atomic mass is 10.3. The van der Waals surface area contributed by atoms with Gasteiger partial charge in [-0.05, 0) is 24.3 Å². The molecular formula is C15H17N3O4. The Balaban J connectivity index is 1.95. The number of nitriles is 1. The number of oxazole rings is 1. The molecule has 0 spiro atoms. The van der Waals surface area contributed by atoms with Gasteiger partial charge in [-0.15, -0.1) is 0 Å². The minimum atomic E-state index is 0.132. The summed E-state index contributed by atoms with van der Waals surface area (Å²) in [5.41, 5.74) is 0.199. The summed E-state index contributed by atoms with van der Waals surface area (Å²) in [6.07, 6.45) is 0. The number of methoxy groups -OCH3 is 2. The zero-order valence-corrected chi connectivity index (χ0v) is 12.5. The van der Waals surface area contributed by atoms with Crippen molar-refractivity contribution < 1.29 is 18.6 Å². The highest BCUT2D eigenvalue weighted by molar-refractivity contribution is 5.45. The summed E-state index contributed by atoms with van der Waals surface area (Å²) in [5.74, 6) is 2.06. The molecule has 2 rings (SSSR count). The van der Waals surface area contributed by atoms with Crippen molar-refractivity contribution in [2.45, 2.75) is 6.61 Å². The maximum Gasteiger partial charge on any atom is 0.236 e. The predicted octanol–water partition coefficient (Wildman–Crippen LogP) is 2.19. The summed E-state index contributed by atoms with van der Waals surface area (Å²) >= 11 is 0. The Morgan fingerprint density at radius 3 is 2.59 bits per heavy atom. The predicted molar refractivity (Wildman–Crippen MR) is 78.9 cm³/mol. The van der Waals surface area contributed by atoms with Gasteiger partial charge >= 0.3 is 0 Å². The summed E-state index contributed by atoms with van der Waals surface area (Å²) < 4.78 is 21.0. The minimum absolute atomic E-state index is 0.132. The van der Waals surface area contributed by atoms with E-state index >= 15 is 0 Å². The van der Waals surface area contributed by atoms with Crippen molar-refractivity contribution in [2.75, 3.05) is 32.7 Å². The fraction of sp³-hybridized carbons (Fsp3) is 0.333. The number of nitrogens with zero attached hydrogens (tertiary/aromatic N) is 2. The Morgan fingerprint density at radius 2 is 1.95 bits per heavy atom. The number of ether oxygens (including phenoxy) is 3.